The van der Waals surface area contributed by atoms with Crippen molar-refractivity contribution >= 4 is 59.2 Å². The molecular weight excluding hydrogens is 998 g/mol. The average molecular weight is 1080 g/mol. The Morgan fingerprint density at radius 3 is 1.97 bits per heavy atom. The van der Waals surface area contributed by atoms with Crippen molar-refractivity contribution in [3.05, 3.63) is 47.4 Å². The minimum atomic E-state index is -1.61. The number of hydrogen-bond donors (Lipinski definition) is 17. The third-order valence-electron chi connectivity index (χ3n) is 12.0. The van der Waals surface area contributed by atoms with Gasteiger partial charge in [-0.15, -0.1) is 0 Å². The lowest BCUT2D eigenvalue weighted by molar-refractivity contribution is -0.142. The summed E-state index contributed by atoms with van der Waals surface area (Å²) < 4.78 is 15.1. The minimum absolute atomic E-state index is 0.0000575. The first-order chi connectivity index (χ1) is 36.2. The maximum atomic E-state index is 15.1. The van der Waals surface area contributed by atoms with Gasteiger partial charge >= 0.3 is 5.97 Å². The van der Waals surface area contributed by atoms with Crippen LogP contribution in [0.5, 0.6) is 0 Å². The topological polar surface area (TPSA) is 502 Å². The van der Waals surface area contributed by atoms with E-state index >= 15 is 4.39 Å². The zero-order valence-corrected chi connectivity index (χ0v) is 42.8. The number of aliphatic carboxylic acids is 1. The number of guanidine groups is 1. The van der Waals surface area contributed by atoms with E-state index in [1.54, 1.807) is 0 Å². The van der Waals surface area contributed by atoms with Gasteiger partial charge in [0.2, 0.25) is 47.3 Å². The number of nitrogens with one attached hydrogen (secondary N) is 7. The van der Waals surface area contributed by atoms with Gasteiger partial charge in [-0.25, -0.2) is 9.18 Å². The van der Waals surface area contributed by atoms with Crippen LogP contribution in [-0.4, -0.2) is 175 Å². The zero-order chi connectivity index (χ0) is 56.7. The van der Waals surface area contributed by atoms with Crippen LogP contribution in [0, 0.1) is 5.82 Å². The quantitative estimate of drug-likeness (QED) is 0.0129. The van der Waals surface area contributed by atoms with E-state index in [4.69, 9.17) is 45.9 Å². The highest BCUT2D eigenvalue weighted by Crippen LogP contribution is 2.21. The smallest absolute Gasteiger partial charge is 0.352 e. The number of nitrogens with zero attached hydrogens (tertiary/aromatic N) is 2. The maximum absolute atomic E-state index is 15.1. The fraction of sp³-hybridized carbons (Fsp3) is 0.617. The molecule has 1 heterocycles. The normalized spacial score (nSPS) is 16.1. The Hall–Kier alpha value is -6.89. The van der Waals surface area contributed by atoms with E-state index in [2.05, 4.69) is 42.2 Å². The van der Waals surface area contributed by atoms with Crippen molar-refractivity contribution < 1.29 is 57.8 Å². The monoisotopic (exact) mass is 1080 g/mol. The van der Waals surface area contributed by atoms with Gasteiger partial charge in [-0.1, -0.05) is 30.7 Å². The highest BCUT2D eigenvalue weighted by atomic mass is 19.1. The average Bonchev–Trinajstić information content (AvgIpc) is 3.89. The van der Waals surface area contributed by atoms with E-state index in [1.165, 1.54) is 29.2 Å². The SMILES string of the molecule is NCCCC[C@H](NC(=O)[C@H](Cc1ccccc1F)NC(=O)[C@@H]1CCCN1C(=O)[C@@H](CCCN)NC(=O)CNC(=O)[C@H](CCN)NC(=O)[C@@H](NC(=O)[C@@H](N)CCCCN)[C@@H](O)CN)C(=O)N/C(=C\CCN=C(N)N)C(=O)O. The van der Waals surface area contributed by atoms with Crippen LogP contribution in [0.3, 0.4) is 0 Å². The number of hydrogen-bond acceptors (Lipinski definition) is 17. The van der Waals surface area contributed by atoms with Crippen LogP contribution >= 0.6 is 0 Å². The number of carboxylic acid groups (broad SMARTS) is 1. The molecule has 8 atom stereocenters. The van der Waals surface area contributed by atoms with Crippen LogP contribution in [0.15, 0.2) is 41.0 Å². The predicted octanol–water partition coefficient (Wildman–Crippen LogP) is -6.36. The summed E-state index contributed by atoms with van der Waals surface area (Å²) >= 11 is 0. The van der Waals surface area contributed by atoms with Crippen molar-refractivity contribution in [3.63, 3.8) is 0 Å². The van der Waals surface area contributed by atoms with E-state index in [0.717, 1.165) is 6.07 Å². The Kier molecular flexibility index (Phi) is 30.4. The van der Waals surface area contributed by atoms with Crippen molar-refractivity contribution in [2.75, 3.05) is 52.4 Å². The lowest BCUT2D eigenvalue weighted by atomic mass is 10.0. The number of carbonyl (C=O) groups is 9. The molecule has 426 valence electrons. The number of carboxylic acids is 1. The Morgan fingerprint density at radius 2 is 1.36 bits per heavy atom. The molecule has 1 aliphatic rings. The van der Waals surface area contributed by atoms with E-state index < -0.39 is 133 Å². The first-order valence-corrected chi connectivity index (χ1v) is 25.3. The molecule has 8 amide bonds. The molecule has 0 bridgehead atoms. The molecular formula is C47H80FN17O11. The Labute approximate surface area is 440 Å². The number of aliphatic imine (C=N–C) groups is 1. The third-order valence-corrected chi connectivity index (χ3v) is 12.0. The molecule has 1 aliphatic heterocycles. The molecule has 29 heteroatoms. The van der Waals surface area contributed by atoms with Crippen LogP contribution in [0.1, 0.15) is 82.6 Å². The van der Waals surface area contributed by atoms with Gasteiger partial charge in [0.1, 0.15) is 47.8 Å². The molecule has 0 aliphatic carbocycles. The van der Waals surface area contributed by atoms with Crippen molar-refractivity contribution in [1.29, 1.82) is 0 Å². The first kappa shape index (κ1) is 65.2. The van der Waals surface area contributed by atoms with Crippen molar-refractivity contribution in [1.82, 2.24) is 42.1 Å². The number of benzene rings is 1. The standard InChI is InChI=1S/C47H80FN17O11/c48-28-11-2-1-10-27(28)24-34(42(71)60-30(13-4-6-19-50)41(70)62-33(46(75)76)15-8-22-57-47(55)56)63-43(72)35-16-9-23-65(35)45(74)32(14-7-20-51)59-37(67)26-58-40(69)31(17-21-52)61-44(73)38(36(66)25-53)64-39(68)29(54)12-3-5-18-49/h1-2,10-11,15,29-32,34-36,38,66H,3-9,12-14,16-26,49-54H2,(H,58,69)(H,59,67)(H,60,71)(H,61,73)(H,62,70)(H,63,72)(H,64,68)(H,75,76)(H4,55,56,57)/b33-15-/t29-,30-,31-,32+,34-,35-,36-,38-/m0/s1. The van der Waals surface area contributed by atoms with Crippen molar-refractivity contribution in [3.8, 4) is 0 Å². The van der Waals surface area contributed by atoms with Crippen LogP contribution < -0.4 is 83.1 Å². The maximum Gasteiger partial charge on any atom is 0.352 e. The number of unbranched alkanes of at least 4 members (excludes halogenated alkanes) is 2. The number of nitrogens with two attached hydrogens (primary N) is 8. The van der Waals surface area contributed by atoms with Gasteiger partial charge in [0.15, 0.2) is 5.96 Å². The van der Waals surface area contributed by atoms with Crippen LogP contribution in [-0.2, 0) is 49.6 Å². The number of likely N-dealkylation sites (tertiary alicyclic amines) is 1. The lowest BCUT2D eigenvalue weighted by Gasteiger charge is -2.30. The molecule has 0 unspecified atom stereocenters. The third kappa shape index (κ3) is 22.9. The Bertz CT molecular complexity index is 2150. The number of aliphatic hydroxyl groups excluding tert-OH is 1. The fourth-order valence-corrected chi connectivity index (χ4v) is 7.90. The first-order valence-electron chi connectivity index (χ1n) is 25.3. The molecule has 0 radical (unpaired) electrons. The van der Waals surface area contributed by atoms with Gasteiger partial charge in [-0.2, -0.15) is 0 Å². The van der Waals surface area contributed by atoms with Gasteiger partial charge in [-0.05, 0) is 108 Å². The van der Waals surface area contributed by atoms with E-state index in [1.807, 2.05) is 0 Å². The van der Waals surface area contributed by atoms with Crippen molar-refractivity contribution in [2.24, 2.45) is 50.9 Å². The Morgan fingerprint density at radius 1 is 0.724 bits per heavy atom. The highest BCUT2D eigenvalue weighted by Gasteiger charge is 2.40. The molecule has 1 aromatic rings. The summed E-state index contributed by atoms with van der Waals surface area (Å²) in [5, 5.41) is 37.5. The summed E-state index contributed by atoms with van der Waals surface area (Å²) in [5.41, 5.74) is 44.4. The zero-order valence-electron chi connectivity index (χ0n) is 42.8. The van der Waals surface area contributed by atoms with Gasteiger partial charge in [0.25, 0.3) is 0 Å². The molecule has 76 heavy (non-hydrogen) atoms. The van der Waals surface area contributed by atoms with Crippen LogP contribution in [0.2, 0.25) is 0 Å². The molecule has 1 fully saturated rings. The highest BCUT2D eigenvalue weighted by molar-refractivity contribution is 5.99. The summed E-state index contributed by atoms with van der Waals surface area (Å²) in [6.07, 6.45) is 1.84. The fourth-order valence-electron chi connectivity index (χ4n) is 7.90. The van der Waals surface area contributed by atoms with Gasteiger partial charge < -0.3 is 98.2 Å². The molecule has 0 saturated carbocycles. The predicted molar refractivity (Wildman–Crippen MR) is 277 cm³/mol. The van der Waals surface area contributed by atoms with Crippen LogP contribution in [0.4, 0.5) is 4.39 Å². The second-order valence-corrected chi connectivity index (χ2v) is 18.0. The summed E-state index contributed by atoms with van der Waals surface area (Å²) in [6.45, 7) is -0.491. The van der Waals surface area contributed by atoms with Gasteiger partial charge in [-0.3, -0.25) is 43.3 Å². The molecule has 2 rings (SSSR count). The summed E-state index contributed by atoms with van der Waals surface area (Å²) in [5.74, 6) is -9.26. The summed E-state index contributed by atoms with van der Waals surface area (Å²) in [4.78, 5) is 126. The van der Waals surface area contributed by atoms with Crippen LogP contribution in [0.25, 0.3) is 0 Å². The number of amides is 8. The Balaban J connectivity index is 2.30. The van der Waals surface area contributed by atoms with Gasteiger partial charge in [0, 0.05) is 26.1 Å². The lowest BCUT2D eigenvalue weighted by Crippen LogP contribution is -2.61. The number of halogens is 1. The second-order valence-electron chi connectivity index (χ2n) is 18.0. The van der Waals surface area contributed by atoms with Crippen molar-refractivity contribution in [2.45, 2.75) is 132 Å². The van der Waals surface area contributed by atoms with Gasteiger partial charge in [0.05, 0.1) is 18.7 Å². The number of rotatable bonds is 36. The van der Waals surface area contributed by atoms with E-state index in [-0.39, 0.29) is 89.2 Å². The molecule has 1 saturated heterocycles. The molecule has 25 N–H and O–H groups in total. The molecule has 28 nitrogen and oxygen atoms in total. The minimum Gasteiger partial charge on any atom is -0.477 e. The summed E-state index contributed by atoms with van der Waals surface area (Å²) in [6, 6.07) is -3.93. The molecule has 0 spiro atoms. The summed E-state index contributed by atoms with van der Waals surface area (Å²) in [7, 11) is 0. The second kappa shape index (κ2) is 35.4. The largest absolute Gasteiger partial charge is 0.477 e. The van der Waals surface area contributed by atoms with E-state index in [0.29, 0.717) is 38.6 Å². The number of aliphatic hydroxyl groups is 1. The van der Waals surface area contributed by atoms with E-state index in [9.17, 15) is 53.4 Å². The molecule has 0 aromatic heterocycles. The number of carbonyl (C=O) groups excluding carboxylic acids is 8. The molecule has 1 aromatic carbocycles.